The second-order valence-electron chi connectivity index (χ2n) is 3.98. The third-order valence-electron chi connectivity index (χ3n) is 2.83. The minimum Gasteiger partial charge on any atom is -0.334 e. The highest BCUT2D eigenvalue weighted by Crippen LogP contribution is 2.24. The molecule has 0 aliphatic carbocycles. The van der Waals surface area contributed by atoms with Crippen molar-refractivity contribution in [3.63, 3.8) is 0 Å². The van der Waals surface area contributed by atoms with Gasteiger partial charge in [-0.25, -0.2) is 4.98 Å². The molecule has 0 fully saturated rings. The van der Waals surface area contributed by atoms with Crippen LogP contribution in [0.1, 0.15) is 28.2 Å². The quantitative estimate of drug-likeness (QED) is 0.805. The van der Waals surface area contributed by atoms with E-state index in [2.05, 4.69) is 4.98 Å². The predicted molar refractivity (Wildman–Crippen MR) is 74.1 cm³/mol. The van der Waals surface area contributed by atoms with E-state index in [0.29, 0.717) is 10.7 Å². The highest BCUT2D eigenvalue weighted by molar-refractivity contribution is 7.10. The average Bonchev–Trinajstić information content (AvgIpc) is 2.91. The first kappa shape index (κ1) is 13.1. The molecule has 2 heterocycles. The lowest BCUT2D eigenvalue weighted by Crippen LogP contribution is -2.29. The molecule has 2 aromatic heterocycles. The van der Waals surface area contributed by atoms with Crippen molar-refractivity contribution in [2.45, 2.75) is 13.0 Å². The molecular weight excluding hydrogens is 268 g/mol. The van der Waals surface area contributed by atoms with Crippen LogP contribution in [0.15, 0.2) is 35.8 Å². The molecule has 0 radical (unpaired) electrons. The highest BCUT2D eigenvalue weighted by atomic mass is 35.5. The Kier molecular flexibility index (Phi) is 3.99. The van der Waals surface area contributed by atoms with E-state index in [-0.39, 0.29) is 11.9 Å². The van der Waals surface area contributed by atoms with Gasteiger partial charge in [-0.05, 0) is 30.5 Å². The number of pyridine rings is 1. The van der Waals surface area contributed by atoms with Crippen molar-refractivity contribution in [3.05, 3.63) is 51.4 Å². The van der Waals surface area contributed by atoms with E-state index >= 15 is 0 Å². The zero-order valence-electron chi connectivity index (χ0n) is 10.1. The molecule has 0 aliphatic rings. The van der Waals surface area contributed by atoms with Crippen LogP contribution in [-0.4, -0.2) is 22.8 Å². The summed E-state index contributed by atoms with van der Waals surface area (Å²) in [7, 11) is 1.79. The Balaban J connectivity index is 2.16. The molecule has 1 amide bonds. The smallest absolute Gasteiger partial charge is 0.255 e. The first-order valence-corrected chi connectivity index (χ1v) is 6.77. The van der Waals surface area contributed by atoms with E-state index in [1.807, 2.05) is 24.4 Å². The number of halogens is 1. The molecule has 0 bridgehead atoms. The van der Waals surface area contributed by atoms with Crippen LogP contribution in [0.4, 0.5) is 0 Å². The second kappa shape index (κ2) is 5.50. The maximum atomic E-state index is 12.2. The summed E-state index contributed by atoms with van der Waals surface area (Å²) in [6.45, 7) is 2.01. The van der Waals surface area contributed by atoms with Gasteiger partial charge in [0.05, 0.1) is 11.6 Å². The number of amides is 1. The van der Waals surface area contributed by atoms with Crippen LogP contribution < -0.4 is 0 Å². The number of carbonyl (C=O) groups is 1. The monoisotopic (exact) mass is 280 g/mol. The lowest BCUT2D eigenvalue weighted by atomic mass is 10.2. The Morgan fingerprint density at radius 3 is 2.78 bits per heavy atom. The number of carbonyl (C=O) groups excluding carboxylic acids is 1. The van der Waals surface area contributed by atoms with Crippen molar-refractivity contribution in [1.82, 2.24) is 9.88 Å². The Labute approximate surface area is 115 Å². The van der Waals surface area contributed by atoms with Gasteiger partial charge in [-0.3, -0.25) is 4.79 Å². The lowest BCUT2D eigenvalue weighted by molar-refractivity contribution is 0.0744. The van der Waals surface area contributed by atoms with Crippen LogP contribution in [0.2, 0.25) is 5.15 Å². The Morgan fingerprint density at radius 2 is 2.22 bits per heavy atom. The molecule has 94 valence electrons. The molecule has 0 saturated heterocycles. The van der Waals surface area contributed by atoms with Gasteiger partial charge in [-0.1, -0.05) is 17.7 Å². The molecular formula is C13H13ClN2OS. The van der Waals surface area contributed by atoms with Gasteiger partial charge < -0.3 is 4.90 Å². The topological polar surface area (TPSA) is 33.2 Å². The fourth-order valence-electron chi connectivity index (χ4n) is 1.60. The van der Waals surface area contributed by atoms with Crippen molar-refractivity contribution in [2.24, 2.45) is 0 Å². The summed E-state index contributed by atoms with van der Waals surface area (Å²) in [6, 6.07) is 7.37. The minimum absolute atomic E-state index is 0.0492. The van der Waals surface area contributed by atoms with Crippen molar-refractivity contribution in [1.29, 1.82) is 0 Å². The molecule has 2 rings (SSSR count). The number of hydrogen-bond acceptors (Lipinski definition) is 3. The van der Waals surface area contributed by atoms with Gasteiger partial charge in [0, 0.05) is 18.1 Å². The molecule has 1 atom stereocenters. The summed E-state index contributed by atoms with van der Waals surface area (Å²) in [5.41, 5.74) is 0.547. The zero-order chi connectivity index (χ0) is 13.1. The number of nitrogens with zero attached hydrogens (tertiary/aromatic N) is 2. The van der Waals surface area contributed by atoms with Gasteiger partial charge in [0.2, 0.25) is 0 Å². The van der Waals surface area contributed by atoms with Crippen LogP contribution in [0.25, 0.3) is 0 Å². The van der Waals surface area contributed by atoms with E-state index in [9.17, 15) is 4.79 Å². The van der Waals surface area contributed by atoms with Gasteiger partial charge in [-0.15, -0.1) is 11.3 Å². The third-order valence-corrected chi connectivity index (χ3v) is 4.10. The van der Waals surface area contributed by atoms with Crippen LogP contribution in [0, 0.1) is 0 Å². The molecule has 3 nitrogen and oxygen atoms in total. The molecule has 0 aromatic carbocycles. The van der Waals surface area contributed by atoms with Gasteiger partial charge in [0.25, 0.3) is 5.91 Å². The second-order valence-corrected chi connectivity index (χ2v) is 5.34. The van der Waals surface area contributed by atoms with Gasteiger partial charge in [0.15, 0.2) is 0 Å². The Bertz CT molecular complexity index is 524. The van der Waals surface area contributed by atoms with Crippen molar-refractivity contribution in [3.8, 4) is 0 Å². The van der Waals surface area contributed by atoms with Crippen molar-refractivity contribution in [2.75, 3.05) is 7.05 Å². The molecule has 18 heavy (non-hydrogen) atoms. The van der Waals surface area contributed by atoms with E-state index in [0.717, 1.165) is 4.88 Å². The highest BCUT2D eigenvalue weighted by Gasteiger charge is 2.19. The van der Waals surface area contributed by atoms with Gasteiger partial charge in [0.1, 0.15) is 5.15 Å². The first-order chi connectivity index (χ1) is 8.59. The summed E-state index contributed by atoms with van der Waals surface area (Å²) in [6.07, 6.45) is 1.50. The Morgan fingerprint density at radius 1 is 1.44 bits per heavy atom. The van der Waals surface area contributed by atoms with Gasteiger partial charge >= 0.3 is 0 Å². The van der Waals surface area contributed by atoms with Crippen molar-refractivity contribution >= 4 is 28.8 Å². The molecule has 2 aromatic rings. The molecule has 5 heteroatoms. The number of hydrogen-bond donors (Lipinski definition) is 0. The molecule has 0 aliphatic heterocycles. The van der Waals surface area contributed by atoms with Gasteiger partial charge in [-0.2, -0.15) is 0 Å². The van der Waals surface area contributed by atoms with Crippen molar-refractivity contribution < 1.29 is 4.79 Å². The maximum absolute atomic E-state index is 12.2. The van der Waals surface area contributed by atoms with E-state index in [4.69, 9.17) is 11.6 Å². The zero-order valence-corrected chi connectivity index (χ0v) is 11.7. The van der Waals surface area contributed by atoms with E-state index < -0.39 is 0 Å². The maximum Gasteiger partial charge on any atom is 0.255 e. The predicted octanol–water partition coefficient (Wildman–Crippen LogP) is 3.63. The first-order valence-electron chi connectivity index (χ1n) is 5.51. The minimum atomic E-state index is -0.0555. The summed E-state index contributed by atoms with van der Waals surface area (Å²) in [4.78, 5) is 19.0. The number of rotatable bonds is 3. The number of thiophene rings is 1. The van der Waals surface area contributed by atoms with Crippen LogP contribution in [-0.2, 0) is 0 Å². The summed E-state index contributed by atoms with van der Waals surface area (Å²) in [5, 5.41) is 2.40. The standard InChI is InChI=1S/C13H13ClN2OS/c1-9(11-4-3-7-18-11)16(2)13(17)10-5-6-12(14)15-8-10/h3-9H,1-2H3. The fraction of sp³-hybridized carbons (Fsp3) is 0.231. The van der Waals surface area contributed by atoms with E-state index in [1.54, 1.807) is 35.4 Å². The summed E-state index contributed by atoms with van der Waals surface area (Å²) < 4.78 is 0. The van der Waals surface area contributed by atoms with Crippen LogP contribution in [0.5, 0.6) is 0 Å². The molecule has 1 unspecified atom stereocenters. The molecule has 0 saturated carbocycles. The molecule has 0 spiro atoms. The Hall–Kier alpha value is -1.39. The third kappa shape index (κ3) is 2.71. The summed E-state index contributed by atoms with van der Waals surface area (Å²) >= 11 is 7.35. The largest absolute Gasteiger partial charge is 0.334 e. The average molecular weight is 281 g/mol. The number of aromatic nitrogens is 1. The van der Waals surface area contributed by atoms with E-state index in [1.165, 1.54) is 6.20 Å². The SMILES string of the molecule is CC(c1cccs1)N(C)C(=O)c1ccc(Cl)nc1. The molecule has 0 N–H and O–H groups in total. The van der Waals surface area contributed by atoms with Crippen LogP contribution in [0.3, 0.4) is 0 Å². The van der Waals surface area contributed by atoms with Crippen LogP contribution >= 0.6 is 22.9 Å². The summed E-state index contributed by atoms with van der Waals surface area (Å²) in [5.74, 6) is -0.0555. The normalized spacial score (nSPS) is 12.2. The fourth-order valence-corrected chi connectivity index (χ4v) is 2.54. The lowest BCUT2D eigenvalue weighted by Gasteiger charge is -2.24.